The van der Waals surface area contributed by atoms with E-state index in [4.69, 9.17) is 15.9 Å². The number of hydrogen-bond acceptors (Lipinski definition) is 4. The van der Waals surface area contributed by atoms with E-state index in [1.807, 2.05) is 5.38 Å². The summed E-state index contributed by atoms with van der Waals surface area (Å²) in [7, 11) is 0. The predicted octanol–water partition coefficient (Wildman–Crippen LogP) is 2.01. The van der Waals surface area contributed by atoms with Crippen molar-refractivity contribution in [1.82, 2.24) is 4.98 Å². The van der Waals surface area contributed by atoms with E-state index < -0.39 is 0 Å². The fourth-order valence-corrected chi connectivity index (χ4v) is 1.73. The average molecular weight is 233 g/mol. The maximum absolute atomic E-state index is 7.25. The van der Waals surface area contributed by atoms with Crippen LogP contribution in [-0.2, 0) is 6.61 Å². The van der Waals surface area contributed by atoms with Crippen LogP contribution in [0.2, 0.25) is 0 Å². The van der Waals surface area contributed by atoms with Crippen molar-refractivity contribution < 1.29 is 4.74 Å². The van der Waals surface area contributed by atoms with Gasteiger partial charge in [-0.2, -0.15) is 0 Å². The summed E-state index contributed by atoms with van der Waals surface area (Å²) in [5, 5.41) is 10.1. The molecule has 0 radical (unpaired) electrons. The minimum Gasteiger partial charge on any atom is -0.486 e. The average Bonchev–Trinajstić information content (AvgIpc) is 2.80. The Labute approximate surface area is 97.2 Å². The van der Waals surface area contributed by atoms with E-state index in [1.165, 1.54) is 0 Å². The van der Waals surface area contributed by atoms with Gasteiger partial charge in [-0.15, -0.1) is 11.3 Å². The summed E-state index contributed by atoms with van der Waals surface area (Å²) in [5.74, 6) is 0.812. The van der Waals surface area contributed by atoms with Crippen molar-refractivity contribution in [2.24, 2.45) is 5.73 Å². The summed E-state index contributed by atoms with van der Waals surface area (Å²) in [5.41, 5.74) is 6.05. The standard InChI is InChI=1S/C11H11N3OS/c12-11(13)8-1-3-9(4-2-8)15-7-10-14-5-6-16-10/h1-6H,7H2,(H3,12,13). The largest absolute Gasteiger partial charge is 0.486 e. The highest BCUT2D eigenvalue weighted by Crippen LogP contribution is 2.14. The van der Waals surface area contributed by atoms with E-state index in [9.17, 15) is 0 Å². The van der Waals surface area contributed by atoms with Crippen LogP contribution in [0, 0.1) is 5.41 Å². The number of hydrogen-bond donors (Lipinski definition) is 2. The zero-order valence-electron chi connectivity index (χ0n) is 8.51. The van der Waals surface area contributed by atoms with Crippen LogP contribution in [0.4, 0.5) is 0 Å². The quantitative estimate of drug-likeness (QED) is 0.626. The Bertz CT molecular complexity index is 464. The molecule has 82 valence electrons. The Kier molecular flexibility index (Phi) is 3.16. The van der Waals surface area contributed by atoms with Crippen LogP contribution in [0.1, 0.15) is 10.6 Å². The lowest BCUT2D eigenvalue weighted by molar-refractivity contribution is 0.305. The third-order valence-electron chi connectivity index (χ3n) is 2.01. The van der Waals surface area contributed by atoms with E-state index in [1.54, 1.807) is 41.8 Å². The van der Waals surface area contributed by atoms with E-state index in [-0.39, 0.29) is 5.84 Å². The molecule has 0 aliphatic heterocycles. The van der Waals surface area contributed by atoms with Crippen molar-refractivity contribution in [1.29, 1.82) is 5.41 Å². The van der Waals surface area contributed by atoms with Crippen molar-refractivity contribution in [3.63, 3.8) is 0 Å². The summed E-state index contributed by atoms with van der Waals surface area (Å²) in [6.07, 6.45) is 1.75. The first kappa shape index (κ1) is 10.6. The molecule has 0 bridgehead atoms. The van der Waals surface area contributed by atoms with Crippen LogP contribution in [0.15, 0.2) is 35.8 Å². The number of rotatable bonds is 4. The summed E-state index contributed by atoms with van der Waals surface area (Å²) in [6.45, 7) is 0.469. The van der Waals surface area contributed by atoms with Gasteiger partial charge in [0.15, 0.2) is 0 Å². The molecule has 0 aliphatic carbocycles. The smallest absolute Gasteiger partial charge is 0.140 e. The number of amidine groups is 1. The molecular formula is C11H11N3OS. The Balaban J connectivity index is 1.98. The fraction of sp³-hybridized carbons (Fsp3) is 0.0909. The van der Waals surface area contributed by atoms with Crippen molar-refractivity contribution in [3.05, 3.63) is 46.4 Å². The molecule has 0 fully saturated rings. The molecule has 0 amide bonds. The van der Waals surface area contributed by atoms with Crippen LogP contribution in [0.5, 0.6) is 5.75 Å². The Morgan fingerprint density at radius 1 is 1.38 bits per heavy atom. The van der Waals surface area contributed by atoms with Crippen molar-refractivity contribution >= 4 is 17.2 Å². The number of aromatic nitrogens is 1. The maximum Gasteiger partial charge on any atom is 0.140 e. The van der Waals surface area contributed by atoms with E-state index >= 15 is 0 Å². The molecule has 3 N–H and O–H groups in total. The van der Waals surface area contributed by atoms with Gasteiger partial charge >= 0.3 is 0 Å². The van der Waals surface area contributed by atoms with Gasteiger partial charge in [0.05, 0.1) is 0 Å². The first-order valence-electron chi connectivity index (χ1n) is 4.71. The van der Waals surface area contributed by atoms with Gasteiger partial charge in [0, 0.05) is 17.1 Å². The van der Waals surface area contributed by atoms with E-state index in [0.717, 1.165) is 10.8 Å². The highest BCUT2D eigenvalue weighted by molar-refractivity contribution is 7.09. The van der Waals surface area contributed by atoms with Crippen LogP contribution in [-0.4, -0.2) is 10.8 Å². The molecule has 1 heterocycles. The van der Waals surface area contributed by atoms with Gasteiger partial charge in [-0.05, 0) is 24.3 Å². The first-order chi connectivity index (χ1) is 7.75. The summed E-state index contributed by atoms with van der Waals surface area (Å²) < 4.78 is 5.52. The Morgan fingerprint density at radius 2 is 2.12 bits per heavy atom. The summed E-state index contributed by atoms with van der Waals surface area (Å²) >= 11 is 1.56. The Hall–Kier alpha value is -1.88. The molecule has 4 nitrogen and oxygen atoms in total. The van der Waals surface area contributed by atoms with Gasteiger partial charge < -0.3 is 10.5 Å². The normalized spacial score (nSPS) is 10.0. The number of nitrogens with two attached hydrogens (primary N) is 1. The molecule has 0 spiro atoms. The lowest BCUT2D eigenvalue weighted by Gasteiger charge is -2.04. The zero-order valence-corrected chi connectivity index (χ0v) is 9.33. The topological polar surface area (TPSA) is 72.0 Å². The van der Waals surface area contributed by atoms with E-state index in [0.29, 0.717) is 12.2 Å². The van der Waals surface area contributed by atoms with Gasteiger partial charge in [0.2, 0.25) is 0 Å². The van der Waals surface area contributed by atoms with Gasteiger partial charge in [-0.3, -0.25) is 5.41 Å². The van der Waals surface area contributed by atoms with Crippen molar-refractivity contribution in [3.8, 4) is 5.75 Å². The minimum atomic E-state index is 0.0615. The lowest BCUT2D eigenvalue weighted by atomic mass is 10.2. The maximum atomic E-state index is 7.25. The first-order valence-corrected chi connectivity index (χ1v) is 5.59. The number of nitrogen functional groups attached to an aromatic ring is 1. The van der Waals surface area contributed by atoms with E-state index in [2.05, 4.69) is 4.98 Å². The van der Waals surface area contributed by atoms with Crippen molar-refractivity contribution in [2.75, 3.05) is 0 Å². The molecule has 2 rings (SSSR count). The molecular weight excluding hydrogens is 222 g/mol. The molecule has 0 aliphatic rings. The van der Waals surface area contributed by atoms with Gasteiger partial charge in [-0.1, -0.05) is 0 Å². The van der Waals surface area contributed by atoms with Gasteiger partial charge in [0.1, 0.15) is 23.2 Å². The molecule has 0 atom stereocenters. The summed E-state index contributed by atoms with van der Waals surface area (Å²) in [4.78, 5) is 4.12. The van der Waals surface area contributed by atoms with Crippen LogP contribution >= 0.6 is 11.3 Å². The van der Waals surface area contributed by atoms with Crippen LogP contribution < -0.4 is 10.5 Å². The molecule has 5 heteroatoms. The monoisotopic (exact) mass is 233 g/mol. The van der Waals surface area contributed by atoms with Gasteiger partial charge in [0.25, 0.3) is 0 Å². The zero-order chi connectivity index (χ0) is 11.4. The molecule has 16 heavy (non-hydrogen) atoms. The highest BCUT2D eigenvalue weighted by atomic mass is 32.1. The summed E-state index contributed by atoms with van der Waals surface area (Å²) in [6, 6.07) is 7.12. The lowest BCUT2D eigenvalue weighted by Crippen LogP contribution is -2.10. The number of ether oxygens (including phenoxy) is 1. The van der Waals surface area contributed by atoms with Gasteiger partial charge in [-0.25, -0.2) is 4.98 Å². The predicted molar refractivity (Wildman–Crippen MR) is 63.9 cm³/mol. The SMILES string of the molecule is N=C(N)c1ccc(OCc2nccs2)cc1. The molecule has 0 saturated carbocycles. The molecule has 2 aromatic rings. The molecule has 0 unspecified atom stereocenters. The van der Waals surface area contributed by atoms with Crippen LogP contribution in [0.3, 0.4) is 0 Å². The number of thiazole rings is 1. The highest BCUT2D eigenvalue weighted by Gasteiger charge is 1.99. The van der Waals surface area contributed by atoms with Crippen molar-refractivity contribution in [2.45, 2.75) is 6.61 Å². The third kappa shape index (κ3) is 2.58. The second-order valence-corrected chi connectivity index (χ2v) is 4.13. The minimum absolute atomic E-state index is 0.0615. The van der Waals surface area contributed by atoms with Crippen LogP contribution in [0.25, 0.3) is 0 Å². The molecule has 0 saturated heterocycles. The number of benzene rings is 1. The third-order valence-corrected chi connectivity index (χ3v) is 2.76. The number of nitrogens with zero attached hydrogens (tertiary/aromatic N) is 1. The second-order valence-electron chi connectivity index (χ2n) is 3.15. The molecule has 1 aromatic carbocycles. The fourth-order valence-electron chi connectivity index (χ4n) is 1.20. The second kappa shape index (κ2) is 4.76. The molecule has 1 aromatic heterocycles. The number of nitrogens with one attached hydrogen (secondary N) is 1. The Morgan fingerprint density at radius 3 is 2.69 bits per heavy atom.